The molecule has 2 amide bonds. The predicted octanol–water partition coefficient (Wildman–Crippen LogP) is 1.14. The van der Waals surface area contributed by atoms with Gasteiger partial charge in [-0.15, -0.1) is 0 Å². The molecule has 18 heavy (non-hydrogen) atoms. The zero-order chi connectivity index (χ0) is 13.1. The lowest BCUT2D eigenvalue weighted by Gasteiger charge is -2.15. The first kappa shape index (κ1) is 12.9. The molecule has 0 radical (unpaired) electrons. The van der Waals surface area contributed by atoms with E-state index in [9.17, 15) is 9.90 Å². The van der Waals surface area contributed by atoms with Gasteiger partial charge in [-0.2, -0.15) is 5.10 Å². The Morgan fingerprint density at radius 2 is 2.44 bits per heavy atom. The van der Waals surface area contributed by atoms with E-state index in [1.807, 2.05) is 10.9 Å². The second kappa shape index (κ2) is 5.39. The highest BCUT2D eigenvalue weighted by Crippen LogP contribution is 2.12. The maximum atomic E-state index is 11.9. The van der Waals surface area contributed by atoms with Crippen LogP contribution in [-0.2, 0) is 6.54 Å². The number of carbonyl (C=O) groups is 1. The minimum Gasteiger partial charge on any atom is -0.391 e. The minimum atomic E-state index is -0.389. The van der Waals surface area contributed by atoms with Crippen molar-refractivity contribution in [3.63, 3.8) is 0 Å². The van der Waals surface area contributed by atoms with Crippen LogP contribution in [0.4, 0.5) is 10.5 Å². The van der Waals surface area contributed by atoms with Crippen LogP contribution in [0.1, 0.15) is 20.3 Å². The van der Waals surface area contributed by atoms with Gasteiger partial charge in [-0.1, -0.05) is 13.8 Å². The third kappa shape index (κ3) is 3.22. The molecule has 1 atom stereocenters. The predicted molar refractivity (Wildman–Crippen MR) is 68.3 cm³/mol. The van der Waals surface area contributed by atoms with Gasteiger partial charge in [0.2, 0.25) is 0 Å². The molecule has 0 bridgehead atoms. The topological polar surface area (TPSA) is 70.4 Å². The maximum absolute atomic E-state index is 11.9. The van der Waals surface area contributed by atoms with Crippen molar-refractivity contribution in [1.29, 1.82) is 0 Å². The van der Waals surface area contributed by atoms with E-state index in [0.717, 1.165) is 6.54 Å². The average Bonchev–Trinajstić information content (AvgIpc) is 2.87. The Bertz CT molecular complexity index is 416. The standard InChI is InChI=1S/C12H20N4O2/c1-9(2)6-16-7-10(5-13-16)14-12(18)15-4-3-11(17)8-15/h5,7,9,11,17H,3-4,6,8H2,1-2H3,(H,14,18)/t11-/m1/s1. The zero-order valence-corrected chi connectivity index (χ0v) is 10.8. The Morgan fingerprint density at radius 3 is 3.06 bits per heavy atom. The van der Waals surface area contributed by atoms with E-state index < -0.39 is 0 Å². The van der Waals surface area contributed by atoms with E-state index in [2.05, 4.69) is 24.3 Å². The Balaban J connectivity index is 1.89. The van der Waals surface area contributed by atoms with Crippen molar-refractivity contribution < 1.29 is 9.90 Å². The van der Waals surface area contributed by atoms with Gasteiger partial charge >= 0.3 is 6.03 Å². The van der Waals surface area contributed by atoms with Gasteiger partial charge in [-0.3, -0.25) is 4.68 Å². The van der Waals surface area contributed by atoms with Crippen molar-refractivity contribution in [2.24, 2.45) is 5.92 Å². The number of rotatable bonds is 3. The molecule has 1 saturated heterocycles. The maximum Gasteiger partial charge on any atom is 0.322 e. The van der Waals surface area contributed by atoms with E-state index in [4.69, 9.17) is 0 Å². The van der Waals surface area contributed by atoms with Crippen LogP contribution in [0.2, 0.25) is 0 Å². The molecule has 1 fully saturated rings. The molecule has 0 saturated carbocycles. The number of nitrogens with one attached hydrogen (secondary N) is 1. The number of carbonyl (C=O) groups excluding carboxylic acids is 1. The van der Waals surface area contributed by atoms with Crippen molar-refractivity contribution in [2.75, 3.05) is 18.4 Å². The highest BCUT2D eigenvalue weighted by molar-refractivity contribution is 5.89. The van der Waals surface area contributed by atoms with Gasteiger partial charge in [0, 0.05) is 25.8 Å². The summed E-state index contributed by atoms with van der Waals surface area (Å²) < 4.78 is 1.82. The lowest BCUT2D eigenvalue weighted by molar-refractivity contribution is 0.176. The third-order valence-corrected chi connectivity index (χ3v) is 2.89. The van der Waals surface area contributed by atoms with Crippen LogP contribution in [0.5, 0.6) is 0 Å². The molecule has 2 N–H and O–H groups in total. The average molecular weight is 252 g/mol. The number of aliphatic hydroxyl groups excluding tert-OH is 1. The third-order valence-electron chi connectivity index (χ3n) is 2.89. The molecule has 1 aliphatic rings. The van der Waals surface area contributed by atoms with Crippen molar-refractivity contribution in [3.05, 3.63) is 12.4 Å². The molecule has 0 unspecified atom stereocenters. The summed E-state index contributed by atoms with van der Waals surface area (Å²) in [6, 6.07) is -0.171. The minimum absolute atomic E-state index is 0.171. The number of hydrogen-bond acceptors (Lipinski definition) is 3. The number of anilines is 1. The number of aromatic nitrogens is 2. The van der Waals surface area contributed by atoms with Gasteiger partial charge in [0.05, 0.1) is 18.0 Å². The molecule has 100 valence electrons. The molecule has 6 nitrogen and oxygen atoms in total. The molecule has 0 aliphatic carbocycles. The van der Waals surface area contributed by atoms with E-state index in [1.165, 1.54) is 0 Å². The van der Waals surface area contributed by atoms with Crippen LogP contribution in [0.15, 0.2) is 12.4 Å². The van der Waals surface area contributed by atoms with Gasteiger partial charge < -0.3 is 15.3 Å². The quantitative estimate of drug-likeness (QED) is 0.847. The molecule has 1 aromatic rings. The summed E-state index contributed by atoms with van der Waals surface area (Å²) in [5, 5.41) is 16.4. The molecule has 1 aromatic heterocycles. The second-order valence-corrected chi connectivity index (χ2v) is 5.16. The summed E-state index contributed by atoms with van der Waals surface area (Å²) in [6.07, 6.45) is 3.73. The van der Waals surface area contributed by atoms with E-state index in [1.54, 1.807) is 11.1 Å². The SMILES string of the molecule is CC(C)Cn1cc(NC(=O)N2CC[C@@H](O)C2)cn1. The first-order chi connectivity index (χ1) is 8.54. The number of hydrogen-bond donors (Lipinski definition) is 2. The Kier molecular flexibility index (Phi) is 3.86. The zero-order valence-electron chi connectivity index (χ0n) is 10.8. The first-order valence-corrected chi connectivity index (χ1v) is 6.31. The van der Waals surface area contributed by atoms with Crippen molar-refractivity contribution >= 4 is 11.7 Å². The highest BCUT2D eigenvalue weighted by atomic mass is 16.3. The van der Waals surface area contributed by atoms with Crippen molar-refractivity contribution in [2.45, 2.75) is 32.9 Å². The number of aliphatic hydroxyl groups is 1. The smallest absolute Gasteiger partial charge is 0.322 e. The molecule has 0 spiro atoms. The summed E-state index contributed by atoms with van der Waals surface area (Å²) >= 11 is 0. The molecule has 6 heteroatoms. The number of nitrogens with zero attached hydrogens (tertiary/aromatic N) is 3. The molecule has 1 aliphatic heterocycles. The fourth-order valence-electron chi connectivity index (χ4n) is 2.03. The van der Waals surface area contributed by atoms with Gasteiger partial charge in [0.1, 0.15) is 0 Å². The lowest BCUT2D eigenvalue weighted by atomic mass is 10.2. The lowest BCUT2D eigenvalue weighted by Crippen LogP contribution is -2.33. The number of likely N-dealkylation sites (tertiary alicyclic amines) is 1. The fourth-order valence-corrected chi connectivity index (χ4v) is 2.03. The summed E-state index contributed by atoms with van der Waals surface area (Å²) in [5.41, 5.74) is 0.696. The molecular formula is C12H20N4O2. The van der Waals surface area contributed by atoms with Gasteiger partial charge in [0.25, 0.3) is 0 Å². The molecule has 2 rings (SSSR count). The normalized spacial score (nSPS) is 19.6. The van der Waals surface area contributed by atoms with Gasteiger partial charge in [-0.25, -0.2) is 4.79 Å². The van der Waals surface area contributed by atoms with E-state index >= 15 is 0 Å². The summed E-state index contributed by atoms with van der Waals surface area (Å²) in [6.45, 7) is 6.08. The monoisotopic (exact) mass is 252 g/mol. The molecule has 2 heterocycles. The van der Waals surface area contributed by atoms with Crippen LogP contribution in [-0.4, -0.2) is 45.0 Å². The van der Waals surface area contributed by atoms with Crippen LogP contribution < -0.4 is 5.32 Å². The largest absolute Gasteiger partial charge is 0.391 e. The van der Waals surface area contributed by atoms with Crippen LogP contribution >= 0.6 is 0 Å². The molecule has 0 aromatic carbocycles. The van der Waals surface area contributed by atoms with E-state index in [0.29, 0.717) is 31.1 Å². The number of urea groups is 1. The van der Waals surface area contributed by atoms with Crippen LogP contribution in [0.3, 0.4) is 0 Å². The van der Waals surface area contributed by atoms with Crippen molar-refractivity contribution in [1.82, 2.24) is 14.7 Å². The van der Waals surface area contributed by atoms with Crippen LogP contribution in [0.25, 0.3) is 0 Å². The first-order valence-electron chi connectivity index (χ1n) is 6.31. The summed E-state index contributed by atoms with van der Waals surface area (Å²) in [4.78, 5) is 13.5. The van der Waals surface area contributed by atoms with Crippen molar-refractivity contribution in [3.8, 4) is 0 Å². The number of β-amino-alcohol motifs (C(OH)–C–C–N with tert-alkyl or cyclic N) is 1. The molecular weight excluding hydrogens is 232 g/mol. The Hall–Kier alpha value is -1.56. The van der Waals surface area contributed by atoms with E-state index in [-0.39, 0.29) is 12.1 Å². The highest BCUT2D eigenvalue weighted by Gasteiger charge is 2.24. The Labute approximate surface area is 107 Å². The Morgan fingerprint density at radius 1 is 1.67 bits per heavy atom. The van der Waals surface area contributed by atoms with Gasteiger partial charge in [-0.05, 0) is 12.3 Å². The summed E-state index contributed by atoms with van der Waals surface area (Å²) in [5.74, 6) is 0.516. The second-order valence-electron chi connectivity index (χ2n) is 5.16. The van der Waals surface area contributed by atoms with Crippen LogP contribution in [0, 0.1) is 5.92 Å². The summed E-state index contributed by atoms with van der Waals surface area (Å²) in [7, 11) is 0. The number of amides is 2. The van der Waals surface area contributed by atoms with Gasteiger partial charge in [0.15, 0.2) is 0 Å². The fraction of sp³-hybridized carbons (Fsp3) is 0.667.